The molecule has 0 bridgehead atoms. The van der Waals surface area contributed by atoms with E-state index in [2.05, 4.69) is 6.07 Å². The van der Waals surface area contributed by atoms with Gasteiger partial charge in [0.05, 0.1) is 5.52 Å². The minimum absolute atomic E-state index is 0.366. The van der Waals surface area contributed by atoms with Gasteiger partial charge in [-0.15, -0.1) is 0 Å². The number of nitrogens with zero attached hydrogens (tertiary/aromatic N) is 1. The van der Waals surface area contributed by atoms with Crippen molar-refractivity contribution in [3.8, 4) is 0 Å². The molecule has 0 aliphatic carbocycles. The first-order valence-electron chi connectivity index (χ1n) is 4.38. The van der Waals surface area contributed by atoms with Crippen LogP contribution in [-0.2, 0) is 9.47 Å². The molecule has 2 aromatic rings. The minimum atomic E-state index is -0.366. The second-order valence-electron chi connectivity index (χ2n) is 3.06. The van der Waals surface area contributed by atoms with Gasteiger partial charge in [-0.3, -0.25) is 4.57 Å². The maximum absolute atomic E-state index is 5.26. The lowest BCUT2D eigenvalue weighted by Crippen LogP contribution is -2.06. The summed E-state index contributed by atoms with van der Waals surface area (Å²) < 4.78 is 12.4. The molecule has 0 saturated heterocycles. The monoisotopic (exact) mass is 186 g/mol. The van der Waals surface area contributed by atoms with Gasteiger partial charge in [0.1, 0.15) is 12.5 Å². The average molecular weight is 186 g/mol. The first-order valence-corrected chi connectivity index (χ1v) is 4.38. The van der Waals surface area contributed by atoms with E-state index in [-0.39, 0.29) is 6.41 Å². The van der Waals surface area contributed by atoms with E-state index in [1.807, 2.05) is 35.0 Å². The molecule has 3 heteroatoms. The molecule has 2 heterocycles. The summed E-state index contributed by atoms with van der Waals surface area (Å²) in [6.07, 6.45) is 4.67. The van der Waals surface area contributed by atoms with Gasteiger partial charge in [-0.05, 0) is 24.3 Å². The van der Waals surface area contributed by atoms with Gasteiger partial charge in [-0.1, -0.05) is 6.07 Å². The van der Waals surface area contributed by atoms with Crippen LogP contribution in [0.5, 0.6) is 0 Å². The minimum Gasteiger partial charge on any atom is -0.442 e. The van der Waals surface area contributed by atoms with E-state index >= 15 is 0 Å². The summed E-state index contributed by atoms with van der Waals surface area (Å²) in [4.78, 5) is 0. The standard InChI is InChI=1S/C11H8NO2/c1-2-4-10-9(3-1)5-6-12(10)11-13-7-8-14-11/h2-8,11H. The highest BCUT2D eigenvalue weighted by atomic mass is 16.7. The van der Waals surface area contributed by atoms with Crippen LogP contribution in [0.4, 0.5) is 0 Å². The van der Waals surface area contributed by atoms with Crippen LogP contribution in [0.2, 0.25) is 0 Å². The molecule has 1 aliphatic heterocycles. The lowest BCUT2D eigenvalue weighted by atomic mass is 10.2. The Hall–Kier alpha value is -1.90. The van der Waals surface area contributed by atoms with Gasteiger partial charge >= 0.3 is 6.41 Å². The van der Waals surface area contributed by atoms with Crippen LogP contribution >= 0.6 is 0 Å². The van der Waals surface area contributed by atoms with Crippen molar-refractivity contribution in [2.75, 3.05) is 0 Å². The predicted octanol–water partition coefficient (Wildman–Crippen LogP) is 2.42. The van der Waals surface area contributed by atoms with Crippen LogP contribution in [-0.4, -0.2) is 4.57 Å². The molecule has 3 nitrogen and oxygen atoms in total. The van der Waals surface area contributed by atoms with E-state index in [4.69, 9.17) is 9.47 Å². The number of aromatic nitrogens is 1. The van der Waals surface area contributed by atoms with Gasteiger partial charge in [0.15, 0.2) is 0 Å². The van der Waals surface area contributed by atoms with Crippen LogP contribution in [0, 0.1) is 6.07 Å². The number of fused-ring (bicyclic) bond motifs is 1. The number of ether oxygens (including phenoxy) is 2. The second kappa shape index (κ2) is 2.80. The topological polar surface area (TPSA) is 23.4 Å². The summed E-state index contributed by atoms with van der Waals surface area (Å²) in [5.74, 6) is 0. The zero-order valence-corrected chi connectivity index (χ0v) is 7.38. The lowest BCUT2D eigenvalue weighted by Gasteiger charge is -2.12. The zero-order valence-electron chi connectivity index (χ0n) is 7.38. The average Bonchev–Trinajstić information content (AvgIpc) is 2.85. The van der Waals surface area contributed by atoms with Gasteiger partial charge in [0, 0.05) is 11.6 Å². The molecule has 0 spiro atoms. The fraction of sp³-hybridized carbons (Fsp3) is 0.0909. The van der Waals surface area contributed by atoms with Crippen molar-refractivity contribution in [3.63, 3.8) is 0 Å². The summed E-state index contributed by atoms with van der Waals surface area (Å²) in [5, 5.41) is 1.13. The van der Waals surface area contributed by atoms with Crippen molar-refractivity contribution in [1.82, 2.24) is 4.57 Å². The molecule has 0 unspecified atom stereocenters. The lowest BCUT2D eigenvalue weighted by molar-refractivity contribution is -0.0804. The maximum atomic E-state index is 5.26. The predicted molar refractivity (Wildman–Crippen MR) is 51.1 cm³/mol. The third-order valence-electron chi connectivity index (χ3n) is 2.24. The number of benzene rings is 1. The Bertz CT molecular complexity index is 479. The molecule has 0 fully saturated rings. The third-order valence-corrected chi connectivity index (χ3v) is 2.24. The van der Waals surface area contributed by atoms with Crippen LogP contribution in [0.1, 0.15) is 6.41 Å². The molecule has 1 radical (unpaired) electrons. The van der Waals surface area contributed by atoms with Crippen molar-refractivity contribution in [2.45, 2.75) is 6.41 Å². The van der Waals surface area contributed by atoms with E-state index in [1.54, 1.807) is 12.5 Å². The SMILES string of the molecule is [c]1ccc2c(c1)ccn2C1OC=CO1. The van der Waals surface area contributed by atoms with E-state index < -0.39 is 0 Å². The molecule has 14 heavy (non-hydrogen) atoms. The van der Waals surface area contributed by atoms with Gasteiger partial charge < -0.3 is 9.47 Å². The fourth-order valence-corrected chi connectivity index (χ4v) is 1.59. The smallest absolute Gasteiger partial charge is 0.330 e. The van der Waals surface area contributed by atoms with E-state index in [9.17, 15) is 0 Å². The van der Waals surface area contributed by atoms with Gasteiger partial charge in [-0.2, -0.15) is 0 Å². The molecule has 1 aromatic heterocycles. The summed E-state index contributed by atoms with van der Waals surface area (Å²) >= 11 is 0. The highest BCUT2D eigenvalue weighted by Gasteiger charge is 2.15. The highest BCUT2D eigenvalue weighted by molar-refractivity contribution is 5.79. The number of hydrogen-bond donors (Lipinski definition) is 0. The van der Waals surface area contributed by atoms with Crippen LogP contribution in [0.3, 0.4) is 0 Å². The Morgan fingerprint density at radius 2 is 2.07 bits per heavy atom. The molecule has 0 atom stereocenters. The molecular weight excluding hydrogens is 178 g/mol. The van der Waals surface area contributed by atoms with Crippen molar-refractivity contribution < 1.29 is 9.47 Å². The third kappa shape index (κ3) is 0.988. The molecule has 1 aliphatic rings. The van der Waals surface area contributed by atoms with Crippen LogP contribution in [0.15, 0.2) is 43.0 Å². The number of hydrogen-bond acceptors (Lipinski definition) is 2. The molecule has 3 rings (SSSR count). The Kier molecular flexibility index (Phi) is 1.50. The van der Waals surface area contributed by atoms with Crippen molar-refractivity contribution in [1.29, 1.82) is 0 Å². The van der Waals surface area contributed by atoms with Gasteiger partial charge in [0.25, 0.3) is 0 Å². The molecule has 0 saturated carbocycles. The summed E-state index contributed by atoms with van der Waals surface area (Å²) in [7, 11) is 0. The Morgan fingerprint density at radius 1 is 1.21 bits per heavy atom. The molecule has 0 N–H and O–H groups in total. The first kappa shape index (κ1) is 7.50. The Morgan fingerprint density at radius 3 is 2.93 bits per heavy atom. The quantitative estimate of drug-likeness (QED) is 0.682. The normalized spacial score (nSPS) is 15.7. The van der Waals surface area contributed by atoms with Crippen LogP contribution < -0.4 is 0 Å². The largest absolute Gasteiger partial charge is 0.442 e. The van der Waals surface area contributed by atoms with E-state index in [0.717, 1.165) is 10.9 Å². The van der Waals surface area contributed by atoms with Crippen molar-refractivity contribution >= 4 is 10.9 Å². The van der Waals surface area contributed by atoms with Crippen molar-refractivity contribution in [3.05, 3.63) is 49.1 Å². The summed E-state index contributed by atoms with van der Waals surface area (Å²) in [6, 6.07) is 10.8. The molecule has 1 aromatic carbocycles. The molecule has 0 amide bonds. The first-order chi connectivity index (χ1) is 6.95. The molecular formula is C11H8NO2. The second-order valence-corrected chi connectivity index (χ2v) is 3.06. The van der Waals surface area contributed by atoms with Crippen molar-refractivity contribution in [2.24, 2.45) is 0 Å². The van der Waals surface area contributed by atoms with Gasteiger partial charge in [-0.25, -0.2) is 0 Å². The summed E-state index contributed by atoms with van der Waals surface area (Å²) in [5.41, 5.74) is 1.08. The number of rotatable bonds is 1. The highest BCUT2D eigenvalue weighted by Crippen LogP contribution is 2.24. The maximum Gasteiger partial charge on any atom is 0.330 e. The van der Waals surface area contributed by atoms with E-state index in [0.29, 0.717) is 0 Å². The van der Waals surface area contributed by atoms with Crippen LogP contribution in [0.25, 0.3) is 10.9 Å². The van der Waals surface area contributed by atoms with E-state index in [1.165, 1.54) is 0 Å². The van der Waals surface area contributed by atoms with Gasteiger partial charge in [0.2, 0.25) is 0 Å². The fourth-order valence-electron chi connectivity index (χ4n) is 1.59. The summed E-state index contributed by atoms with van der Waals surface area (Å²) in [6.45, 7) is 0. The zero-order chi connectivity index (χ0) is 9.38. The Balaban J connectivity index is 2.12. The molecule has 69 valence electrons. The Labute approximate surface area is 81.2 Å².